The van der Waals surface area contributed by atoms with Crippen molar-refractivity contribution in [3.05, 3.63) is 54.1 Å². The first kappa shape index (κ1) is 10.0. The Kier molecular flexibility index (Phi) is 2.37. The summed E-state index contributed by atoms with van der Waals surface area (Å²) in [5, 5.41) is 0. The Labute approximate surface area is 100 Å². The molecule has 2 atom stereocenters. The molecule has 1 heterocycles. The van der Waals surface area contributed by atoms with E-state index in [2.05, 4.69) is 22.1 Å². The maximum atomic E-state index is 5.77. The van der Waals surface area contributed by atoms with Crippen LogP contribution in [0, 0.1) is 0 Å². The summed E-state index contributed by atoms with van der Waals surface area (Å²) in [5.41, 5.74) is 8.45. The van der Waals surface area contributed by atoms with E-state index in [9.17, 15) is 0 Å². The largest absolute Gasteiger partial charge is 0.399 e. The monoisotopic (exact) mass is 223 g/mol. The van der Waals surface area contributed by atoms with Crippen molar-refractivity contribution in [1.29, 1.82) is 0 Å². The molecular weight excluding hydrogens is 210 g/mol. The fraction of sp³-hybridized carbons (Fsp3) is 0.143. The van der Waals surface area contributed by atoms with Crippen molar-refractivity contribution >= 4 is 17.6 Å². The summed E-state index contributed by atoms with van der Waals surface area (Å²) in [6.45, 7) is 0. The number of nitrogens with two attached hydrogens (primary N) is 1. The molecule has 1 aromatic carbocycles. The van der Waals surface area contributed by atoms with Crippen LogP contribution in [0.4, 0.5) is 5.69 Å². The molecule has 0 fully saturated rings. The maximum absolute atomic E-state index is 5.77. The number of nitrogen functional groups attached to an aromatic ring is 1. The highest BCUT2D eigenvalue weighted by atomic mass is 14.9. The zero-order valence-corrected chi connectivity index (χ0v) is 9.32. The molecule has 1 aliphatic carbocycles. The number of benzene rings is 1. The molecule has 0 radical (unpaired) electrons. The number of hydrogen-bond acceptors (Lipinski definition) is 3. The van der Waals surface area contributed by atoms with E-state index in [1.807, 2.05) is 42.6 Å². The van der Waals surface area contributed by atoms with Crippen molar-refractivity contribution in [2.45, 2.75) is 12.1 Å². The van der Waals surface area contributed by atoms with Crippen LogP contribution in [0.1, 0.15) is 5.56 Å². The third-order valence-electron chi connectivity index (χ3n) is 2.92. The van der Waals surface area contributed by atoms with Crippen LogP contribution in [-0.4, -0.2) is 24.0 Å². The molecular formula is C14H13N3. The van der Waals surface area contributed by atoms with Crippen LogP contribution in [0.2, 0.25) is 0 Å². The second-order valence-electron chi connectivity index (χ2n) is 4.17. The fourth-order valence-electron chi connectivity index (χ4n) is 2.04. The molecule has 1 aliphatic heterocycles. The van der Waals surface area contributed by atoms with Crippen molar-refractivity contribution in [3.8, 4) is 0 Å². The summed E-state index contributed by atoms with van der Waals surface area (Å²) in [7, 11) is 0. The van der Waals surface area contributed by atoms with E-state index >= 15 is 0 Å². The SMILES string of the molecule is Nc1cccc(C2=N[C@H]3C=CC=C[C@H]3N=C2)c1. The molecule has 0 saturated carbocycles. The lowest BCUT2D eigenvalue weighted by molar-refractivity contribution is 0.700. The van der Waals surface area contributed by atoms with E-state index in [1.165, 1.54) is 0 Å². The Balaban J connectivity index is 1.95. The molecule has 0 bridgehead atoms. The van der Waals surface area contributed by atoms with Crippen LogP contribution < -0.4 is 5.73 Å². The number of nitrogens with zero attached hydrogens (tertiary/aromatic N) is 2. The van der Waals surface area contributed by atoms with Gasteiger partial charge in [-0.05, 0) is 12.1 Å². The highest BCUT2D eigenvalue weighted by Crippen LogP contribution is 2.18. The molecule has 17 heavy (non-hydrogen) atoms. The molecule has 0 amide bonds. The number of allylic oxidation sites excluding steroid dienone is 2. The minimum absolute atomic E-state index is 0.126. The van der Waals surface area contributed by atoms with Gasteiger partial charge in [0, 0.05) is 17.5 Å². The van der Waals surface area contributed by atoms with Crippen molar-refractivity contribution in [1.82, 2.24) is 0 Å². The molecule has 3 rings (SSSR count). The van der Waals surface area contributed by atoms with Gasteiger partial charge in [0.05, 0.1) is 17.8 Å². The average molecular weight is 223 g/mol. The second-order valence-corrected chi connectivity index (χ2v) is 4.17. The van der Waals surface area contributed by atoms with Gasteiger partial charge in [-0.1, -0.05) is 36.4 Å². The first-order valence-corrected chi connectivity index (χ1v) is 5.65. The van der Waals surface area contributed by atoms with Gasteiger partial charge in [0.2, 0.25) is 0 Å². The number of fused-ring (bicyclic) bond motifs is 1. The Bertz CT molecular complexity index is 552. The zero-order valence-electron chi connectivity index (χ0n) is 9.32. The van der Waals surface area contributed by atoms with Crippen LogP contribution >= 0.6 is 0 Å². The number of rotatable bonds is 1. The second kappa shape index (κ2) is 4.01. The van der Waals surface area contributed by atoms with E-state index in [0.29, 0.717) is 0 Å². The fourth-order valence-corrected chi connectivity index (χ4v) is 2.04. The van der Waals surface area contributed by atoms with Crippen molar-refractivity contribution < 1.29 is 0 Å². The maximum Gasteiger partial charge on any atom is 0.0950 e. The van der Waals surface area contributed by atoms with Gasteiger partial charge in [0.25, 0.3) is 0 Å². The smallest absolute Gasteiger partial charge is 0.0950 e. The quantitative estimate of drug-likeness (QED) is 0.727. The predicted molar refractivity (Wildman–Crippen MR) is 71.7 cm³/mol. The van der Waals surface area contributed by atoms with Gasteiger partial charge >= 0.3 is 0 Å². The van der Waals surface area contributed by atoms with E-state index < -0.39 is 0 Å². The number of hydrogen-bond donors (Lipinski definition) is 1. The van der Waals surface area contributed by atoms with Crippen molar-refractivity contribution in [2.24, 2.45) is 9.98 Å². The number of aliphatic imine (C=N–C) groups is 2. The molecule has 2 N–H and O–H groups in total. The van der Waals surface area contributed by atoms with Gasteiger partial charge in [0.1, 0.15) is 0 Å². The summed E-state index contributed by atoms with van der Waals surface area (Å²) < 4.78 is 0. The van der Waals surface area contributed by atoms with Gasteiger partial charge in [-0.15, -0.1) is 0 Å². The molecule has 3 heteroatoms. The molecule has 0 aromatic heterocycles. The first-order chi connectivity index (χ1) is 8.33. The predicted octanol–water partition coefficient (Wildman–Crippen LogP) is 2.01. The van der Waals surface area contributed by atoms with Crippen LogP contribution in [0.5, 0.6) is 0 Å². The Hall–Kier alpha value is -2.16. The minimum Gasteiger partial charge on any atom is -0.399 e. The Morgan fingerprint density at radius 2 is 1.88 bits per heavy atom. The minimum atomic E-state index is 0.126. The average Bonchev–Trinajstić information content (AvgIpc) is 2.38. The highest BCUT2D eigenvalue weighted by Gasteiger charge is 2.20. The topological polar surface area (TPSA) is 50.7 Å². The van der Waals surface area contributed by atoms with Gasteiger partial charge < -0.3 is 5.73 Å². The summed E-state index contributed by atoms with van der Waals surface area (Å²) in [4.78, 5) is 9.19. The summed E-state index contributed by atoms with van der Waals surface area (Å²) in [6.07, 6.45) is 10.0. The third-order valence-corrected chi connectivity index (χ3v) is 2.92. The van der Waals surface area contributed by atoms with Crippen LogP contribution in [0.3, 0.4) is 0 Å². The molecule has 2 aliphatic rings. The Morgan fingerprint density at radius 3 is 2.71 bits per heavy atom. The van der Waals surface area contributed by atoms with Gasteiger partial charge in [0.15, 0.2) is 0 Å². The van der Waals surface area contributed by atoms with Gasteiger partial charge in [-0.2, -0.15) is 0 Å². The van der Waals surface area contributed by atoms with E-state index in [4.69, 9.17) is 5.73 Å². The van der Waals surface area contributed by atoms with E-state index in [1.54, 1.807) is 0 Å². The summed E-state index contributed by atoms with van der Waals surface area (Å²) >= 11 is 0. The van der Waals surface area contributed by atoms with Crippen LogP contribution in [-0.2, 0) is 0 Å². The molecule has 0 unspecified atom stereocenters. The molecule has 0 saturated heterocycles. The lowest BCUT2D eigenvalue weighted by Gasteiger charge is -2.21. The first-order valence-electron chi connectivity index (χ1n) is 5.65. The van der Waals surface area contributed by atoms with Gasteiger partial charge in [-0.25, -0.2) is 0 Å². The highest BCUT2D eigenvalue weighted by molar-refractivity contribution is 6.38. The molecule has 3 nitrogen and oxygen atoms in total. The molecule has 84 valence electrons. The van der Waals surface area contributed by atoms with Crippen LogP contribution in [0.15, 0.2) is 58.6 Å². The van der Waals surface area contributed by atoms with Crippen molar-refractivity contribution in [2.75, 3.05) is 5.73 Å². The summed E-state index contributed by atoms with van der Waals surface area (Å²) in [5.74, 6) is 0. The molecule has 1 aromatic rings. The number of anilines is 1. The summed E-state index contributed by atoms with van der Waals surface area (Å²) in [6, 6.07) is 8.02. The standard InChI is InChI=1S/C14H13N3/c15-11-5-3-4-10(8-11)14-9-16-12-6-1-2-7-13(12)17-14/h1-9,12-13H,15H2/t12-,13+/m1/s1. The lowest BCUT2D eigenvalue weighted by Crippen LogP contribution is -2.27. The van der Waals surface area contributed by atoms with Gasteiger partial charge in [-0.3, -0.25) is 9.98 Å². The van der Waals surface area contributed by atoms with E-state index in [-0.39, 0.29) is 12.1 Å². The van der Waals surface area contributed by atoms with Crippen LogP contribution in [0.25, 0.3) is 0 Å². The van der Waals surface area contributed by atoms with E-state index in [0.717, 1.165) is 17.0 Å². The lowest BCUT2D eigenvalue weighted by atomic mass is 10.0. The normalized spacial score (nSPS) is 25.5. The third kappa shape index (κ3) is 1.91. The van der Waals surface area contributed by atoms with Crippen molar-refractivity contribution in [3.63, 3.8) is 0 Å². The zero-order chi connectivity index (χ0) is 11.7. The Morgan fingerprint density at radius 1 is 1.06 bits per heavy atom. The molecule has 0 spiro atoms.